The molecule has 2 unspecified atom stereocenters. The molecule has 0 aliphatic heterocycles. The van der Waals surface area contributed by atoms with Gasteiger partial charge < -0.3 is 9.47 Å². The Hall–Kier alpha value is -1.36. The number of ether oxygens (including phenoxy) is 2. The zero-order valence-electron chi connectivity index (χ0n) is 10.8. The van der Waals surface area contributed by atoms with E-state index in [-0.39, 0.29) is 0 Å². The Morgan fingerprint density at radius 1 is 1.28 bits per heavy atom. The van der Waals surface area contributed by atoms with Crippen LogP contribution in [0.15, 0.2) is 29.2 Å². The molecule has 0 radical (unpaired) electrons. The quantitative estimate of drug-likeness (QED) is 0.743. The van der Waals surface area contributed by atoms with Crippen LogP contribution in [0.3, 0.4) is 0 Å². The highest BCUT2D eigenvalue weighted by atomic mass is 32.2. The molecule has 0 spiro atoms. The van der Waals surface area contributed by atoms with Crippen molar-refractivity contribution >= 4 is 16.8 Å². The summed E-state index contributed by atoms with van der Waals surface area (Å²) >= 11 is 0. The van der Waals surface area contributed by atoms with E-state index >= 15 is 0 Å². The normalized spacial score (nSPS) is 13.7. The van der Waals surface area contributed by atoms with Gasteiger partial charge >= 0.3 is 5.97 Å². The van der Waals surface area contributed by atoms with Gasteiger partial charge in [0.05, 0.1) is 24.5 Å². The molecular weight excluding hydrogens is 252 g/mol. The van der Waals surface area contributed by atoms with Crippen LogP contribution < -0.4 is 4.74 Å². The summed E-state index contributed by atoms with van der Waals surface area (Å²) in [5.41, 5.74) is 0. The molecule has 0 saturated heterocycles. The summed E-state index contributed by atoms with van der Waals surface area (Å²) < 4.78 is 22.2. The van der Waals surface area contributed by atoms with Crippen LogP contribution >= 0.6 is 0 Å². The average Bonchev–Trinajstić information content (AvgIpc) is 2.40. The van der Waals surface area contributed by atoms with Crippen molar-refractivity contribution in [2.24, 2.45) is 0 Å². The second kappa shape index (κ2) is 7.16. The lowest BCUT2D eigenvalue weighted by Crippen LogP contribution is -2.27. The van der Waals surface area contributed by atoms with E-state index in [4.69, 9.17) is 9.47 Å². The van der Waals surface area contributed by atoms with Gasteiger partial charge in [0, 0.05) is 4.90 Å². The van der Waals surface area contributed by atoms with Crippen molar-refractivity contribution in [2.75, 3.05) is 13.7 Å². The number of benzene rings is 1. The Morgan fingerprint density at radius 3 is 2.33 bits per heavy atom. The second-order valence-electron chi connectivity index (χ2n) is 3.62. The van der Waals surface area contributed by atoms with Gasteiger partial charge in [0.15, 0.2) is 0 Å². The summed E-state index contributed by atoms with van der Waals surface area (Å²) in [7, 11) is 0.176. The van der Waals surface area contributed by atoms with E-state index in [1.807, 2.05) is 6.92 Å². The zero-order chi connectivity index (χ0) is 13.5. The minimum absolute atomic E-state index is 0.301. The van der Waals surface area contributed by atoms with E-state index < -0.39 is 22.0 Å². The highest BCUT2D eigenvalue weighted by Gasteiger charge is 2.25. The highest BCUT2D eigenvalue weighted by molar-refractivity contribution is 7.86. The molecule has 0 aliphatic rings. The van der Waals surface area contributed by atoms with Gasteiger partial charge in [-0.1, -0.05) is 6.92 Å². The SMILES string of the molecule is CCOC(=O)C(CC)S(=O)c1ccc(OC)cc1. The summed E-state index contributed by atoms with van der Waals surface area (Å²) in [6.45, 7) is 3.86. The standard InChI is InChI=1S/C13H18O4S/c1-4-12(13(14)17-5-2)18(15)11-8-6-10(16-3)7-9-11/h6-9,12H,4-5H2,1-3H3. The smallest absolute Gasteiger partial charge is 0.322 e. The summed E-state index contributed by atoms with van der Waals surface area (Å²) in [5.74, 6) is 0.286. The average molecular weight is 270 g/mol. The molecule has 0 aliphatic carbocycles. The first kappa shape index (κ1) is 14.7. The third kappa shape index (κ3) is 3.57. The van der Waals surface area contributed by atoms with Gasteiger partial charge in [-0.2, -0.15) is 0 Å². The molecule has 1 rings (SSSR count). The molecule has 18 heavy (non-hydrogen) atoms. The Morgan fingerprint density at radius 2 is 1.89 bits per heavy atom. The van der Waals surface area contributed by atoms with Crippen LogP contribution in [0.2, 0.25) is 0 Å². The molecule has 5 heteroatoms. The fraction of sp³-hybridized carbons (Fsp3) is 0.462. The third-order valence-electron chi connectivity index (χ3n) is 2.47. The van der Waals surface area contributed by atoms with Crippen molar-refractivity contribution < 1.29 is 18.5 Å². The maximum absolute atomic E-state index is 12.3. The van der Waals surface area contributed by atoms with E-state index in [0.29, 0.717) is 23.7 Å². The molecule has 0 aromatic heterocycles. The molecule has 1 aromatic rings. The monoisotopic (exact) mass is 270 g/mol. The van der Waals surface area contributed by atoms with E-state index in [9.17, 15) is 9.00 Å². The van der Waals surface area contributed by atoms with Crippen LogP contribution in [0.5, 0.6) is 5.75 Å². The van der Waals surface area contributed by atoms with Crippen molar-refractivity contribution in [3.63, 3.8) is 0 Å². The number of hydrogen-bond donors (Lipinski definition) is 0. The molecule has 0 amide bonds. The highest BCUT2D eigenvalue weighted by Crippen LogP contribution is 2.18. The molecule has 0 N–H and O–H groups in total. The van der Waals surface area contributed by atoms with E-state index in [1.54, 1.807) is 38.3 Å². The van der Waals surface area contributed by atoms with E-state index in [1.165, 1.54) is 0 Å². The summed E-state index contributed by atoms with van der Waals surface area (Å²) in [6, 6.07) is 6.86. The molecule has 100 valence electrons. The molecule has 0 saturated carbocycles. The second-order valence-corrected chi connectivity index (χ2v) is 5.26. The van der Waals surface area contributed by atoms with Crippen molar-refractivity contribution in [1.29, 1.82) is 0 Å². The van der Waals surface area contributed by atoms with Gasteiger partial charge in [0.25, 0.3) is 0 Å². The number of hydrogen-bond acceptors (Lipinski definition) is 4. The van der Waals surface area contributed by atoms with E-state index in [0.717, 1.165) is 0 Å². The lowest BCUT2D eigenvalue weighted by atomic mass is 10.3. The van der Waals surface area contributed by atoms with Crippen molar-refractivity contribution in [3.05, 3.63) is 24.3 Å². The Labute approximate surface area is 110 Å². The van der Waals surface area contributed by atoms with Gasteiger partial charge in [-0.15, -0.1) is 0 Å². The number of carbonyl (C=O) groups excluding carboxylic acids is 1. The lowest BCUT2D eigenvalue weighted by Gasteiger charge is -2.13. The summed E-state index contributed by atoms with van der Waals surface area (Å²) in [6.07, 6.45) is 0.484. The first-order valence-electron chi connectivity index (χ1n) is 5.85. The van der Waals surface area contributed by atoms with Crippen LogP contribution in [0.4, 0.5) is 0 Å². The van der Waals surface area contributed by atoms with Gasteiger partial charge in [0.2, 0.25) is 0 Å². The molecule has 4 nitrogen and oxygen atoms in total. The maximum Gasteiger partial charge on any atom is 0.322 e. The summed E-state index contributed by atoms with van der Waals surface area (Å²) in [5, 5.41) is -0.613. The Kier molecular flexibility index (Phi) is 5.85. The predicted molar refractivity (Wildman–Crippen MR) is 70.1 cm³/mol. The zero-order valence-corrected chi connectivity index (χ0v) is 11.7. The topological polar surface area (TPSA) is 52.6 Å². The molecule has 0 heterocycles. The fourth-order valence-corrected chi connectivity index (χ4v) is 2.79. The molecule has 0 fully saturated rings. The molecule has 1 aromatic carbocycles. The van der Waals surface area contributed by atoms with Gasteiger partial charge in [-0.05, 0) is 37.6 Å². The fourth-order valence-electron chi connectivity index (χ4n) is 1.51. The number of rotatable bonds is 6. The predicted octanol–water partition coefficient (Wildman–Crippen LogP) is 2.14. The van der Waals surface area contributed by atoms with Crippen LogP contribution in [0.25, 0.3) is 0 Å². The molecule has 0 bridgehead atoms. The van der Waals surface area contributed by atoms with Gasteiger partial charge in [0.1, 0.15) is 11.0 Å². The van der Waals surface area contributed by atoms with Crippen LogP contribution in [-0.4, -0.2) is 29.1 Å². The number of methoxy groups -OCH3 is 1. The Bertz CT molecular complexity index is 414. The number of carbonyl (C=O) groups is 1. The summed E-state index contributed by atoms with van der Waals surface area (Å²) in [4.78, 5) is 12.3. The first-order chi connectivity index (χ1) is 8.63. The van der Waals surface area contributed by atoms with Crippen molar-refractivity contribution in [1.82, 2.24) is 0 Å². The third-order valence-corrected chi connectivity index (χ3v) is 4.25. The maximum atomic E-state index is 12.3. The van der Waals surface area contributed by atoms with Crippen molar-refractivity contribution in [3.8, 4) is 5.75 Å². The minimum Gasteiger partial charge on any atom is -0.497 e. The van der Waals surface area contributed by atoms with Crippen LogP contribution in [0.1, 0.15) is 20.3 Å². The Balaban J connectivity index is 2.85. The number of esters is 1. The van der Waals surface area contributed by atoms with Crippen LogP contribution in [-0.2, 0) is 20.3 Å². The molecular formula is C13H18O4S. The van der Waals surface area contributed by atoms with E-state index in [2.05, 4.69) is 0 Å². The minimum atomic E-state index is -1.39. The van der Waals surface area contributed by atoms with Crippen molar-refractivity contribution in [2.45, 2.75) is 30.4 Å². The lowest BCUT2D eigenvalue weighted by molar-refractivity contribution is -0.142. The first-order valence-corrected chi connectivity index (χ1v) is 7.06. The largest absolute Gasteiger partial charge is 0.497 e. The van der Waals surface area contributed by atoms with Crippen LogP contribution in [0, 0.1) is 0 Å². The van der Waals surface area contributed by atoms with Gasteiger partial charge in [-0.25, -0.2) is 0 Å². The van der Waals surface area contributed by atoms with Gasteiger partial charge in [-0.3, -0.25) is 9.00 Å². The molecule has 2 atom stereocenters.